The van der Waals surface area contributed by atoms with Crippen LogP contribution in [0, 0.1) is 0 Å². The second kappa shape index (κ2) is 4.18. The maximum Gasteiger partial charge on any atom is 0.100 e. The zero-order chi connectivity index (χ0) is 10.8. The van der Waals surface area contributed by atoms with E-state index in [-0.39, 0.29) is 0 Å². The lowest BCUT2D eigenvalue weighted by Gasteiger charge is -2.13. The zero-order valence-corrected chi connectivity index (χ0v) is 9.29. The van der Waals surface area contributed by atoms with E-state index in [1.54, 1.807) is 0 Å². The third-order valence-corrected chi connectivity index (χ3v) is 3.20. The first-order valence-electron chi connectivity index (χ1n) is 5.91. The van der Waals surface area contributed by atoms with Gasteiger partial charge in [0.25, 0.3) is 0 Å². The van der Waals surface area contributed by atoms with Gasteiger partial charge in [-0.1, -0.05) is 30.3 Å². The molecule has 3 N–H and O–H groups in total. The van der Waals surface area contributed by atoms with Gasteiger partial charge in [-0.15, -0.1) is 0 Å². The topological polar surface area (TPSA) is 36.1 Å². The van der Waals surface area contributed by atoms with Gasteiger partial charge >= 0.3 is 0 Å². The Balaban J connectivity index is 1.64. The van der Waals surface area contributed by atoms with E-state index in [1.165, 1.54) is 17.0 Å². The number of benzene rings is 1. The molecule has 2 heterocycles. The third kappa shape index (κ3) is 1.91. The van der Waals surface area contributed by atoms with Crippen LogP contribution in [-0.4, -0.2) is 19.3 Å². The maximum absolute atomic E-state index is 3.57. The minimum atomic E-state index is 0.368. The van der Waals surface area contributed by atoms with Gasteiger partial charge in [0.05, 0.1) is 0 Å². The van der Waals surface area contributed by atoms with E-state index < -0.39 is 0 Å². The Morgan fingerprint density at radius 2 is 1.88 bits per heavy atom. The maximum atomic E-state index is 3.57. The molecule has 3 heteroatoms. The Bertz CT molecular complexity index is 379. The van der Waals surface area contributed by atoms with Gasteiger partial charge in [0.15, 0.2) is 0 Å². The Kier molecular flexibility index (Phi) is 2.54. The molecule has 1 aromatic rings. The van der Waals surface area contributed by atoms with Crippen LogP contribution in [0.1, 0.15) is 12.0 Å². The van der Waals surface area contributed by atoms with Crippen molar-refractivity contribution in [2.45, 2.75) is 19.0 Å². The highest BCUT2D eigenvalue weighted by Crippen LogP contribution is 2.16. The van der Waals surface area contributed by atoms with E-state index in [4.69, 9.17) is 0 Å². The molecule has 0 aromatic heterocycles. The van der Waals surface area contributed by atoms with Crippen LogP contribution in [0.3, 0.4) is 0 Å². The van der Waals surface area contributed by atoms with Crippen molar-refractivity contribution in [2.24, 2.45) is 0 Å². The van der Waals surface area contributed by atoms with Crippen molar-refractivity contribution in [3.63, 3.8) is 0 Å². The lowest BCUT2D eigenvalue weighted by molar-refractivity contribution is 0.546. The minimum absolute atomic E-state index is 0.368. The lowest BCUT2D eigenvalue weighted by Crippen LogP contribution is -2.35. The molecule has 3 nitrogen and oxygen atoms in total. The van der Waals surface area contributed by atoms with Crippen LogP contribution in [0.2, 0.25) is 0 Å². The molecule has 0 bridgehead atoms. The van der Waals surface area contributed by atoms with Crippen LogP contribution in [-0.2, 0) is 6.42 Å². The summed E-state index contributed by atoms with van der Waals surface area (Å²) in [6.45, 7) is 2.07. The number of nitrogens with one attached hydrogen (secondary N) is 3. The van der Waals surface area contributed by atoms with Crippen molar-refractivity contribution in [3.8, 4) is 0 Å². The first kappa shape index (κ1) is 9.73. The summed E-state index contributed by atoms with van der Waals surface area (Å²) in [7, 11) is 0. The summed E-state index contributed by atoms with van der Waals surface area (Å²) in [4.78, 5) is 0. The molecule has 2 aliphatic heterocycles. The van der Waals surface area contributed by atoms with Crippen LogP contribution >= 0.6 is 0 Å². The van der Waals surface area contributed by atoms with Crippen LogP contribution in [0.5, 0.6) is 0 Å². The summed E-state index contributed by atoms with van der Waals surface area (Å²) in [6, 6.07) is 10.6. The van der Waals surface area contributed by atoms with E-state index in [2.05, 4.69) is 46.3 Å². The van der Waals surface area contributed by atoms with Crippen molar-refractivity contribution in [1.29, 1.82) is 0 Å². The van der Waals surface area contributed by atoms with Gasteiger partial charge in [0.1, 0.15) is 6.17 Å². The molecule has 2 aliphatic rings. The van der Waals surface area contributed by atoms with Gasteiger partial charge in [-0.25, -0.2) is 0 Å². The molecule has 3 rings (SSSR count). The standard InChI is InChI=1S/C13H17N3/c1-2-4-10(5-3-1)8-13-15-11-6-7-14-9-12(11)16-13/h1-5,13-16H,6-9H2. The summed E-state index contributed by atoms with van der Waals surface area (Å²) in [6.07, 6.45) is 2.52. The van der Waals surface area contributed by atoms with Crippen molar-refractivity contribution in [1.82, 2.24) is 16.0 Å². The summed E-state index contributed by atoms with van der Waals surface area (Å²) in [5.74, 6) is 0. The molecule has 1 unspecified atom stereocenters. The van der Waals surface area contributed by atoms with E-state index in [0.29, 0.717) is 6.17 Å². The molecule has 0 radical (unpaired) electrons. The quantitative estimate of drug-likeness (QED) is 0.687. The first-order chi connectivity index (χ1) is 7.92. The molecular weight excluding hydrogens is 198 g/mol. The van der Waals surface area contributed by atoms with Crippen molar-refractivity contribution >= 4 is 0 Å². The van der Waals surface area contributed by atoms with Crippen molar-refractivity contribution in [2.75, 3.05) is 13.1 Å². The highest BCUT2D eigenvalue weighted by Gasteiger charge is 2.23. The fourth-order valence-corrected chi connectivity index (χ4v) is 2.39. The number of hydrogen-bond donors (Lipinski definition) is 3. The molecule has 16 heavy (non-hydrogen) atoms. The first-order valence-corrected chi connectivity index (χ1v) is 5.91. The smallest absolute Gasteiger partial charge is 0.100 e. The summed E-state index contributed by atoms with van der Waals surface area (Å²) < 4.78 is 0. The van der Waals surface area contributed by atoms with Gasteiger partial charge in [-0.2, -0.15) is 0 Å². The largest absolute Gasteiger partial charge is 0.367 e. The Morgan fingerprint density at radius 1 is 1.06 bits per heavy atom. The normalized spacial score (nSPS) is 23.6. The van der Waals surface area contributed by atoms with Crippen molar-refractivity contribution < 1.29 is 0 Å². The fraction of sp³-hybridized carbons (Fsp3) is 0.385. The molecule has 0 aliphatic carbocycles. The van der Waals surface area contributed by atoms with Gasteiger partial charge in [0.2, 0.25) is 0 Å². The predicted molar refractivity (Wildman–Crippen MR) is 64.7 cm³/mol. The van der Waals surface area contributed by atoms with E-state index in [9.17, 15) is 0 Å². The summed E-state index contributed by atoms with van der Waals surface area (Å²) >= 11 is 0. The van der Waals surface area contributed by atoms with E-state index in [1.807, 2.05) is 0 Å². The minimum Gasteiger partial charge on any atom is -0.367 e. The van der Waals surface area contributed by atoms with Crippen LogP contribution in [0.15, 0.2) is 41.7 Å². The van der Waals surface area contributed by atoms with Crippen LogP contribution < -0.4 is 16.0 Å². The second-order valence-corrected chi connectivity index (χ2v) is 4.41. The molecule has 1 aromatic carbocycles. The average molecular weight is 215 g/mol. The summed E-state index contributed by atoms with van der Waals surface area (Å²) in [5.41, 5.74) is 4.13. The van der Waals surface area contributed by atoms with Gasteiger partial charge in [-0.05, 0) is 5.56 Å². The number of hydrogen-bond acceptors (Lipinski definition) is 3. The van der Waals surface area contributed by atoms with Crippen LogP contribution in [0.4, 0.5) is 0 Å². The Hall–Kier alpha value is -1.48. The zero-order valence-electron chi connectivity index (χ0n) is 9.29. The molecule has 0 fully saturated rings. The van der Waals surface area contributed by atoms with Gasteiger partial charge in [0, 0.05) is 37.3 Å². The highest BCUT2D eigenvalue weighted by atomic mass is 15.2. The molecule has 0 spiro atoms. The molecule has 0 saturated carbocycles. The SMILES string of the molecule is c1ccc(CC2NC3=C(CNCC3)N2)cc1. The molecule has 0 saturated heterocycles. The predicted octanol–water partition coefficient (Wildman–Crippen LogP) is 0.953. The third-order valence-electron chi connectivity index (χ3n) is 3.20. The fourth-order valence-electron chi connectivity index (χ4n) is 2.39. The lowest BCUT2D eigenvalue weighted by atomic mass is 10.1. The molecule has 0 amide bonds. The van der Waals surface area contributed by atoms with E-state index in [0.717, 1.165) is 25.9 Å². The molecule has 1 atom stereocenters. The van der Waals surface area contributed by atoms with Gasteiger partial charge < -0.3 is 16.0 Å². The summed E-state index contributed by atoms with van der Waals surface area (Å²) in [5, 5.41) is 10.5. The second-order valence-electron chi connectivity index (χ2n) is 4.41. The Morgan fingerprint density at radius 3 is 2.69 bits per heavy atom. The molecular formula is C13H17N3. The average Bonchev–Trinajstić information content (AvgIpc) is 2.72. The van der Waals surface area contributed by atoms with Crippen LogP contribution in [0.25, 0.3) is 0 Å². The number of rotatable bonds is 2. The highest BCUT2D eigenvalue weighted by molar-refractivity contribution is 5.24. The van der Waals surface area contributed by atoms with E-state index >= 15 is 0 Å². The van der Waals surface area contributed by atoms with Crippen molar-refractivity contribution in [3.05, 3.63) is 47.3 Å². The van der Waals surface area contributed by atoms with Gasteiger partial charge in [-0.3, -0.25) is 0 Å². The molecule has 84 valence electrons. The monoisotopic (exact) mass is 215 g/mol. The Labute approximate surface area is 95.9 Å².